The van der Waals surface area contributed by atoms with E-state index in [9.17, 15) is 4.79 Å². The number of azo groups is 1. The van der Waals surface area contributed by atoms with Crippen molar-refractivity contribution in [1.82, 2.24) is 10.4 Å². The SMILES string of the molecule is O=C1NN=C(c2cccnc2)C1N=Nc1ccc(Br)cc1. The second-order valence-corrected chi connectivity index (χ2v) is 5.22. The normalized spacial score (nSPS) is 17.9. The highest BCUT2D eigenvalue weighted by atomic mass is 79.9. The molecule has 2 aromatic rings. The maximum absolute atomic E-state index is 11.8. The molecule has 3 rings (SSSR count). The Labute approximate surface area is 129 Å². The van der Waals surface area contributed by atoms with Crippen LogP contribution >= 0.6 is 15.9 Å². The van der Waals surface area contributed by atoms with E-state index in [1.807, 2.05) is 18.2 Å². The van der Waals surface area contributed by atoms with Gasteiger partial charge in [0.2, 0.25) is 0 Å². The van der Waals surface area contributed by atoms with Gasteiger partial charge in [0, 0.05) is 22.4 Å². The van der Waals surface area contributed by atoms with E-state index in [4.69, 9.17) is 0 Å². The molecule has 0 fully saturated rings. The summed E-state index contributed by atoms with van der Waals surface area (Å²) >= 11 is 3.35. The van der Waals surface area contributed by atoms with Crippen molar-refractivity contribution >= 4 is 33.2 Å². The van der Waals surface area contributed by atoms with Crippen molar-refractivity contribution in [3.8, 4) is 0 Å². The number of benzene rings is 1. The number of nitrogens with zero attached hydrogens (tertiary/aromatic N) is 4. The fourth-order valence-corrected chi connectivity index (χ4v) is 2.10. The van der Waals surface area contributed by atoms with Crippen molar-refractivity contribution in [2.45, 2.75) is 6.04 Å². The van der Waals surface area contributed by atoms with Crippen LogP contribution in [0.2, 0.25) is 0 Å². The molecule has 7 heteroatoms. The Kier molecular flexibility index (Phi) is 3.83. The molecule has 1 aromatic heterocycles. The van der Waals surface area contributed by atoms with E-state index in [2.05, 4.69) is 41.7 Å². The van der Waals surface area contributed by atoms with Crippen LogP contribution in [0, 0.1) is 0 Å². The van der Waals surface area contributed by atoms with Crippen molar-refractivity contribution in [2.24, 2.45) is 15.3 Å². The fraction of sp³-hybridized carbons (Fsp3) is 0.0714. The van der Waals surface area contributed by atoms with Crippen molar-refractivity contribution in [1.29, 1.82) is 0 Å². The molecule has 1 N–H and O–H groups in total. The molecular formula is C14H10BrN5O. The van der Waals surface area contributed by atoms with Gasteiger partial charge < -0.3 is 0 Å². The summed E-state index contributed by atoms with van der Waals surface area (Å²) in [6.07, 6.45) is 3.30. The maximum Gasteiger partial charge on any atom is 0.273 e. The molecule has 1 amide bonds. The number of carbonyl (C=O) groups is 1. The quantitative estimate of drug-likeness (QED) is 0.869. The van der Waals surface area contributed by atoms with Crippen LogP contribution < -0.4 is 5.43 Å². The third-order valence-electron chi connectivity index (χ3n) is 2.87. The van der Waals surface area contributed by atoms with Gasteiger partial charge in [-0.05, 0) is 36.4 Å². The number of halogens is 1. The van der Waals surface area contributed by atoms with Gasteiger partial charge in [0.05, 0.1) is 5.69 Å². The van der Waals surface area contributed by atoms with Crippen molar-refractivity contribution in [3.05, 3.63) is 58.8 Å². The smallest absolute Gasteiger partial charge is 0.270 e. The van der Waals surface area contributed by atoms with E-state index in [0.717, 1.165) is 10.0 Å². The van der Waals surface area contributed by atoms with Crippen molar-refractivity contribution in [3.63, 3.8) is 0 Å². The summed E-state index contributed by atoms with van der Waals surface area (Å²) in [5.41, 5.74) is 4.36. The van der Waals surface area contributed by atoms with Gasteiger partial charge >= 0.3 is 0 Å². The van der Waals surface area contributed by atoms with Crippen LogP contribution in [0.25, 0.3) is 0 Å². The Hall–Kier alpha value is -2.41. The predicted molar refractivity (Wildman–Crippen MR) is 81.4 cm³/mol. The van der Waals surface area contributed by atoms with Crippen molar-refractivity contribution in [2.75, 3.05) is 0 Å². The molecular weight excluding hydrogens is 334 g/mol. The van der Waals surface area contributed by atoms with Crippen LogP contribution in [0.1, 0.15) is 5.56 Å². The summed E-state index contributed by atoms with van der Waals surface area (Å²) < 4.78 is 0.956. The Morgan fingerprint density at radius 1 is 1.19 bits per heavy atom. The zero-order chi connectivity index (χ0) is 14.7. The first-order chi connectivity index (χ1) is 10.2. The highest BCUT2D eigenvalue weighted by Gasteiger charge is 2.31. The number of amides is 1. The van der Waals surface area contributed by atoms with Crippen LogP contribution in [-0.2, 0) is 4.79 Å². The minimum absolute atomic E-state index is 0.297. The highest BCUT2D eigenvalue weighted by Crippen LogP contribution is 2.19. The van der Waals surface area contributed by atoms with Crippen LogP contribution in [0.15, 0.2) is 68.6 Å². The fourth-order valence-electron chi connectivity index (χ4n) is 1.84. The number of aromatic nitrogens is 1. The first kappa shape index (κ1) is 13.6. The van der Waals surface area contributed by atoms with E-state index in [1.54, 1.807) is 30.6 Å². The largest absolute Gasteiger partial charge is 0.273 e. The lowest BCUT2D eigenvalue weighted by Gasteiger charge is -2.03. The average molecular weight is 344 g/mol. The second kappa shape index (κ2) is 5.92. The molecule has 0 radical (unpaired) electrons. The maximum atomic E-state index is 11.8. The third-order valence-corrected chi connectivity index (χ3v) is 3.40. The molecule has 0 saturated heterocycles. The van der Waals surface area contributed by atoms with Gasteiger partial charge in [0.25, 0.3) is 5.91 Å². The van der Waals surface area contributed by atoms with Gasteiger partial charge in [0.15, 0.2) is 6.04 Å². The van der Waals surface area contributed by atoms with Crippen LogP contribution in [0.5, 0.6) is 0 Å². The molecule has 104 valence electrons. The van der Waals surface area contributed by atoms with Crippen LogP contribution in [0.4, 0.5) is 5.69 Å². The lowest BCUT2D eigenvalue weighted by Crippen LogP contribution is -2.27. The molecule has 1 aliphatic heterocycles. The first-order valence-electron chi connectivity index (χ1n) is 6.18. The van der Waals surface area contributed by atoms with Crippen molar-refractivity contribution < 1.29 is 4.79 Å². The van der Waals surface area contributed by atoms with Gasteiger partial charge in [-0.3, -0.25) is 9.78 Å². The van der Waals surface area contributed by atoms with Gasteiger partial charge in [0.1, 0.15) is 5.71 Å². The molecule has 1 aliphatic rings. The molecule has 0 aliphatic carbocycles. The molecule has 0 bridgehead atoms. The molecule has 21 heavy (non-hydrogen) atoms. The highest BCUT2D eigenvalue weighted by molar-refractivity contribution is 9.10. The molecule has 1 unspecified atom stereocenters. The third kappa shape index (κ3) is 3.03. The zero-order valence-electron chi connectivity index (χ0n) is 10.8. The lowest BCUT2D eigenvalue weighted by atomic mass is 10.1. The molecule has 0 spiro atoms. The number of hydrogen-bond donors (Lipinski definition) is 1. The van der Waals surface area contributed by atoms with E-state index < -0.39 is 6.04 Å². The van der Waals surface area contributed by atoms with Gasteiger partial charge in [-0.1, -0.05) is 15.9 Å². The first-order valence-corrected chi connectivity index (χ1v) is 6.97. The Morgan fingerprint density at radius 3 is 2.71 bits per heavy atom. The molecule has 6 nitrogen and oxygen atoms in total. The number of pyridine rings is 1. The Balaban J connectivity index is 1.84. The van der Waals surface area contributed by atoms with Crippen LogP contribution in [-0.4, -0.2) is 22.6 Å². The van der Waals surface area contributed by atoms with E-state index >= 15 is 0 Å². The number of hydrazone groups is 1. The average Bonchev–Trinajstić information content (AvgIpc) is 2.89. The summed E-state index contributed by atoms with van der Waals surface area (Å²) in [7, 11) is 0. The van der Waals surface area contributed by atoms with Gasteiger partial charge in [-0.25, -0.2) is 5.43 Å². The van der Waals surface area contributed by atoms with Crippen LogP contribution in [0.3, 0.4) is 0 Å². The molecule has 1 atom stereocenters. The number of nitrogens with one attached hydrogen (secondary N) is 1. The molecule has 1 aromatic carbocycles. The van der Waals surface area contributed by atoms with E-state index in [1.165, 1.54) is 0 Å². The summed E-state index contributed by atoms with van der Waals surface area (Å²) in [6.45, 7) is 0. The lowest BCUT2D eigenvalue weighted by molar-refractivity contribution is -0.120. The Morgan fingerprint density at radius 2 is 2.00 bits per heavy atom. The van der Waals surface area contributed by atoms with Gasteiger partial charge in [-0.2, -0.15) is 15.3 Å². The number of carbonyl (C=O) groups excluding carboxylic acids is 1. The topological polar surface area (TPSA) is 79.1 Å². The summed E-state index contributed by atoms with van der Waals surface area (Å²) in [5, 5.41) is 12.2. The zero-order valence-corrected chi connectivity index (χ0v) is 12.4. The monoisotopic (exact) mass is 343 g/mol. The molecule has 2 heterocycles. The van der Waals surface area contributed by atoms with E-state index in [-0.39, 0.29) is 5.91 Å². The summed E-state index contributed by atoms with van der Waals surface area (Å²) in [5.74, 6) is -0.297. The summed E-state index contributed by atoms with van der Waals surface area (Å²) in [6, 6.07) is 10.2. The minimum Gasteiger partial charge on any atom is -0.270 e. The number of hydrogen-bond acceptors (Lipinski definition) is 5. The standard InChI is InChI=1S/C14H10BrN5O/c15-10-3-5-11(6-4-10)17-19-13-12(18-20-14(13)21)9-2-1-7-16-8-9/h1-8,13H,(H,20,21). The number of rotatable bonds is 3. The Bertz CT molecular complexity index is 712. The molecule has 0 saturated carbocycles. The minimum atomic E-state index is -0.752. The van der Waals surface area contributed by atoms with Gasteiger partial charge in [-0.15, -0.1) is 0 Å². The van der Waals surface area contributed by atoms with E-state index in [0.29, 0.717) is 11.4 Å². The predicted octanol–water partition coefficient (Wildman–Crippen LogP) is 2.83. The second-order valence-electron chi connectivity index (χ2n) is 4.31. The summed E-state index contributed by atoms with van der Waals surface area (Å²) in [4.78, 5) is 15.8.